The molecule has 0 bridgehead atoms. The minimum atomic E-state index is 0.798. The highest BCUT2D eigenvalue weighted by Crippen LogP contribution is 2.22. The van der Waals surface area contributed by atoms with Crippen molar-refractivity contribution >= 4 is 33.0 Å². The van der Waals surface area contributed by atoms with E-state index in [1.165, 1.54) is 10.4 Å². The van der Waals surface area contributed by atoms with E-state index in [4.69, 9.17) is 5.73 Å². The summed E-state index contributed by atoms with van der Waals surface area (Å²) in [6.45, 7) is 5.17. The SMILES string of the molecule is CCN(Cc1cccs1)Cc1ccc(N)cc1Br. The maximum atomic E-state index is 5.76. The standard InChI is InChI=1S/C14H17BrN2S/c1-2-17(10-13-4-3-7-18-13)9-11-5-6-12(16)8-14(11)15/h3-8H,2,9-10,16H2,1H3. The number of halogens is 1. The van der Waals surface area contributed by atoms with Crippen molar-refractivity contribution in [2.24, 2.45) is 0 Å². The van der Waals surface area contributed by atoms with Crippen molar-refractivity contribution in [3.63, 3.8) is 0 Å². The van der Waals surface area contributed by atoms with E-state index in [9.17, 15) is 0 Å². The van der Waals surface area contributed by atoms with Gasteiger partial charge in [0, 0.05) is 28.1 Å². The molecule has 2 rings (SSSR count). The lowest BCUT2D eigenvalue weighted by atomic mass is 10.2. The molecule has 0 radical (unpaired) electrons. The Morgan fingerprint density at radius 2 is 2.11 bits per heavy atom. The van der Waals surface area contributed by atoms with Crippen LogP contribution in [0.4, 0.5) is 5.69 Å². The molecule has 18 heavy (non-hydrogen) atoms. The Balaban J connectivity index is 2.05. The number of hydrogen-bond acceptors (Lipinski definition) is 3. The van der Waals surface area contributed by atoms with Gasteiger partial charge in [0.05, 0.1) is 0 Å². The van der Waals surface area contributed by atoms with Gasteiger partial charge in [0.25, 0.3) is 0 Å². The predicted molar refractivity (Wildman–Crippen MR) is 82.7 cm³/mol. The Bertz CT molecular complexity index is 497. The lowest BCUT2D eigenvalue weighted by Crippen LogP contribution is -2.22. The molecule has 2 nitrogen and oxygen atoms in total. The molecule has 2 N–H and O–H groups in total. The molecule has 96 valence electrons. The summed E-state index contributed by atoms with van der Waals surface area (Å²) in [4.78, 5) is 3.82. The topological polar surface area (TPSA) is 29.3 Å². The van der Waals surface area contributed by atoms with E-state index in [0.717, 1.165) is 29.8 Å². The lowest BCUT2D eigenvalue weighted by molar-refractivity contribution is 0.273. The van der Waals surface area contributed by atoms with Crippen LogP contribution in [0.1, 0.15) is 17.4 Å². The first-order valence-corrected chi connectivity index (χ1v) is 7.65. The van der Waals surface area contributed by atoms with Crippen LogP contribution in [0.3, 0.4) is 0 Å². The number of anilines is 1. The van der Waals surface area contributed by atoms with Crippen molar-refractivity contribution in [1.29, 1.82) is 0 Å². The highest BCUT2D eigenvalue weighted by Gasteiger charge is 2.08. The number of nitrogen functional groups attached to an aromatic ring is 1. The maximum Gasteiger partial charge on any atom is 0.0331 e. The summed E-state index contributed by atoms with van der Waals surface area (Å²) >= 11 is 5.39. The van der Waals surface area contributed by atoms with Crippen LogP contribution in [0.15, 0.2) is 40.2 Å². The van der Waals surface area contributed by atoms with Gasteiger partial charge in [-0.25, -0.2) is 0 Å². The molecule has 0 unspecified atom stereocenters. The van der Waals surface area contributed by atoms with E-state index >= 15 is 0 Å². The van der Waals surface area contributed by atoms with Crippen molar-refractivity contribution in [3.05, 3.63) is 50.6 Å². The van der Waals surface area contributed by atoms with Gasteiger partial charge in [-0.3, -0.25) is 4.90 Å². The fourth-order valence-corrected chi connectivity index (χ4v) is 3.10. The minimum absolute atomic E-state index is 0.798. The van der Waals surface area contributed by atoms with Crippen molar-refractivity contribution in [2.75, 3.05) is 12.3 Å². The van der Waals surface area contributed by atoms with Gasteiger partial charge < -0.3 is 5.73 Å². The van der Waals surface area contributed by atoms with Crippen LogP contribution in [-0.4, -0.2) is 11.4 Å². The Hall–Kier alpha value is -0.840. The lowest BCUT2D eigenvalue weighted by Gasteiger charge is -2.20. The van der Waals surface area contributed by atoms with Gasteiger partial charge in [-0.15, -0.1) is 11.3 Å². The zero-order valence-electron chi connectivity index (χ0n) is 10.4. The zero-order valence-corrected chi connectivity index (χ0v) is 12.8. The van der Waals surface area contributed by atoms with Crippen molar-refractivity contribution in [3.8, 4) is 0 Å². The minimum Gasteiger partial charge on any atom is -0.399 e. The molecule has 2 aromatic rings. The molecular weight excluding hydrogens is 308 g/mol. The second kappa shape index (κ2) is 6.36. The highest BCUT2D eigenvalue weighted by molar-refractivity contribution is 9.10. The van der Waals surface area contributed by atoms with E-state index in [-0.39, 0.29) is 0 Å². The van der Waals surface area contributed by atoms with Crippen LogP contribution in [0.5, 0.6) is 0 Å². The smallest absolute Gasteiger partial charge is 0.0331 e. The predicted octanol–water partition coefficient (Wildman–Crippen LogP) is 4.11. The van der Waals surface area contributed by atoms with Crippen molar-refractivity contribution < 1.29 is 0 Å². The van der Waals surface area contributed by atoms with E-state index in [2.05, 4.69) is 51.3 Å². The van der Waals surface area contributed by atoms with Gasteiger partial charge in [0.2, 0.25) is 0 Å². The summed E-state index contributed by atoms with van der Waals surface area (Å²) in [5.74, 6) is 0. The van der Waals surface area contributed by atoms with Crippen LogP contribution in [-0.2, 0) is 13.1 Å². The van der Waals surface area contributed by atoms with E-state index in [1.807, 2.05) is 23.5 Å². The van der Waals surface area contributed by atoms with Crippen LogP contribution >= 0.6 is 27.3 Å². The number of thiophene rings is 1. The third-order valence-electron chi connectivity index (χ3n) is 2.88. The second-order valence-corrected chi connectivity index (χ2v) is 6.12. The molecule has 0 spiro atoms. The fourth-order valence-electron chi connectivity index (χ4n) is 1.84. The van der Waals surface area contributed by atoms with Crippen molar-refractivity contribution in [1.82, 2.24) is 4.90 Å². The van der Waals surface area contributed by atoms with E-state index < -0.39 is 0 Å². The van der Waals surface area contributed by atoms with Crippen molar-refractivity contribution in [2.45, 2.75) is 20.0 Å². The van der Waals surface area contributed by atoms with Crippen LogP contribution in [0.2, 0.25) is 0 Å². The second-order valence-electron chi connectivity index (χ2n) is 4.23. The molecule has 0 aliphatic carbocycles. The van der Waals surface area contributed by atoms with Gasteiger partial charge in [0.15, 0.2) is 0 Å². The summed E-state index contributed by atoms with van der Waals surface area (Å²) in [5, 5.41) is 2.13. The molecule has 0 atom stereocenters. The molecule has 4 heteroatoms. The zero-order chi connectivity index (χ0) is 13.0. The number of hydrogen-bond donors (Lipinski definition) is 1. The first-order chi connectivity index (χ1) is 8.69. The van der Waals surface area contributed by atoms with Gasteiger partial charge in [-0.2, -0.15) is 0 Å². The summed E-state index contributed by atoms with van der Waals surface area (Å²) in [7, 11) is 0. The van der Waals surface area contributed by atoms with Gasteiger partial charge in [-0.05, 0) is 35.7 Å². The van der Waals surface area contributed by atoms with E-state index in [1.54, 1.807) is 0 Å². The van der Waals surface area contributed by atoms with Crippen LogP contribution < -0.4 is 5.73 Å². The Morgan fingerprint density at radius 1 is 1.28 bits per heavy atom. The van der Waals surface area contributed by atoms with Crippen LogP contribution in [0, 0.1) is 0 Å². The highest BCUT2D eigenvalue weighted by atomic mass is 79.9. The fraction of sp³-hybridized carbons (Fsp3) is 0.286. The number of benzene rings is 1. The Labute approximate surface area is 121 Å². The van der Waals surface area contributed by atoms with Gasteiger partial charge >= 0.3 is 0 Å². The molecule has 0 aliphatic rings. The van der Waals surface area contributed by atoms with Gasteiger partial charge in [-0.1, -0.05) is 35.0 Å². The molecule has 0 aliphatic heterocycles. The van der Waals surface area contributed by atoms with Crippen LogP contribution in [0.25, 0.3) is 0 Å². The monoisotopic (exact) mass is 324 g/mol. The summed E-state index contributed by atoms with van der Waals surface area (Å²) in [6, 6.07) is 10.3. The Kier molecular flexibility index (Phi) is 4.80. The molecule has 1 heterocycles. The first kappa shape index (κ1) is 13.6. The third kappa shape index (κ3) is 3.57. The average Bonchev–Trinajstić information content (AvgIpc) is 2.84. The molecule has 1 aromatic heterocycles. The Morgan fingerprint density at radius 3 is 2.72 bits per heavy atom. The van der Waals surface area contributed by atoms with E-state index in [0.29, 0.717) is 0 Å². The average molecular weight is 325 g/mol. The maximum absolute atomic E-state index is 5.76. The summed E-state index contributed by atoms with van der Waals surface area (Å²) < 4.78 is 1.09. The molecule has 0 saturated heterocycles. The largest absolute Gasteiger partial charge is 0.399 e. The molecule has 0 fully saturated rings. The first-order valence-electron chi connectivity index (χ1n) is 5.97. The number of rotatable bonds is 5. The number of nitrogens with two attached hydrogens (primary N) is 1. The number of nitrogens with zero attached hydrogens (tertiary/aromatic N) is 1. The third-order valence-corrected chi connectivity index (χ3v) is 4.48. The molecule has 0 amide bonds. The molecule has 1 aromatic carbocycles. The molecular formula is C14H17BrN2S. The quantitative estimate of drug-likeness (QED) is 0.838. The summed E-state index contributed by atoms with van der Waals surface area (Å²) in [6.07, 6.45) is 0. The van der Waals surface area contributed by atoms with Gasteiger partial charge in [0.1, 0.15) is 0 Å². The summed E-state index contributed by atoms with van der Waals surface area (Å²) in [5.41, 5.74) is 7.84. The normalized spacial score (nSPS) is 11.1. The molecule has 0 saturated carbocycles.